The van der Waals surface area contributed by atoms with Gasteiger partial charge in [0.05, 0.1) is 0 Å². The van der Waals surface area contributed by atoms with Crippen LogP contribution in [0.1, 0.15) is 0 Å². The molecule has 220 valence electrons. The molecule has 0 aliphatic heterocycles. The zero-order valence-electron chi connectivity index (χ0n) is 25.1. The predicted molar refractivity (Wildman–Crippen MR) is 179 cm³/mol. The molecule has 0 radical (unpaired) electrons. The van der Waals surface area contributed by atoms with Gasteiger partial charge in [0.25, 0.3) is 0 Å². The van der Waals surface area contributed by atoms with Crippen molar-refractivity contribution in [2.24, 2.45) is 0 Å². The van der Waals surface area contributed by atoms with Crippen molar-refractivity contribution < 1.29 is 0 Å². The van der Waals surface area contributed by atoms with Gasteiger partial charge in [0, 0.05) is 61.8 Å². The van der Waals surface area contributed by atoms with E-state index >= 15 is 0 Å². The van der Waals surface area contributed by atoms with Crippen LogP contribution in [0.25, 0.3) is 45.0 Å². The third kappa shape index (κ3) is 6.93. The Labute approximate surface area is 257 Å². The molecule has 0 aliphatic rings. The van der Waals surface area contributed by atoms with Crippen LogP contribution in [0.4, 0.5) is 23.3 Å². The van der Waals surface area contributed by atoms with Gasteiger partial charge in [-0.05, 0) is 24.3 Å². The summed E-state index contributed by atoms with van der Waals surface area (Å²) in [6.07, 6.45) is 0. The quantitative estimate of drug-likeness (QED) is 0.251. The number of rotatable bonds is 6. The summed E-state index contributed by atoms with van der Waals surface area (Å²) >= 11 is 0. The van der Waals surface area contributed by atoms with Crippen molar-refractivity contribution in [2.75, 3.05) is 49.5 Å². The molecule has 2 heterocycles. The monoisotopic (exact) mass is 582 g/mol. The van der Waals surface area contributed by atoms with Crippen molar-refractivity contribution >= 4 is 23.3 Å². The first-order valence-corrected chi connectivity index (χ1v) is 14.0. The molecule has 2 aromatic heterocycles. The number of benzene rings is 4. The van der Waals surface area contributed by atoms with Gasteiger partial charge in [0.1, 0.15) is 22.8 Å². The molecule has 0 saturated heterocycles. The van der Waals surface area contributed by atoms with Crippen molar-refractivity contribution in [3.8, 4) is 45.0 Å². The van der Waals surface area contributed by atoms with Gasteiger partial charge >= 0.3 is 0 Å². The minimum absolute atomic E-state index is 0.173. The van der Waals surface area contributed by atoms with Crippen LogP contribution in [0.5, 0.6) is 0 Å². The SMILES string of the molecule is CN(C)c1cccc(-c2nnc(N)nc2-c2ccccc2)c1.CN(C)c1cccc(-c2nnc(N)nc2-c2ccccc2)c1. The Balaban J connectivity index is 0.000000175. The van der Waals surface area contributed by atoms with E-state index in [4.69, 9.17) is 11.5 Å². The molecule has 4 aromatic carbocycles. The third-order valence-corrected chi connectivity index (χ3v) is 6.77. The lowest BCUT2D eigenvalue weighted by atomic mass is 10.0. The molecule has 10 nitrogen and oxygen atoms in total. The Hall–Kier alpha value is -5.90. The van der Waals surface area contributed by atoms with Crippen LogP contribution in [-0.2, 0) is 0 Å². The highest BCUT2D eigenvalue weighted by Crippen LogP contribution is 2.31. The van der Waals surface area contributed by atoms with E-state index in [2.05, 4.69) is 42.5 Å². The molecule has 6 aromatic rings. The van der Waals surface area contributed by atoms with Gasteiger partial charge in [0.2, 0.25) is 11.9 Å². The normalized spacial score (nSPS) is 10.5. The van der Waals surface area contributed by atoms with Gasteiger partial charge < -0.3 is 21.3 Å². The molecule has 0 spiro atoms. The lowest BCUT2D eigenvalue weighted by Crippen LogP contribution is -2.08. The van der Waals surface area contributed by atoms with Crippen molar-refractivity contribution in [3.63, 3.8) is 0 Å². The summed E-state index contributed by atoms with van der Waals surface area (Å²) in [4.78, 5) is 12.9. The summed E-state index contributed by atoms with van der Waals surface area (Å²) in [5, 5.41) is 16.4. The maximum atomic E-state index is 5.73. The summed E-state index contributed by atoms with van der Waals surface area (Å²) in [7, 11) is 8.02. The zero-order chi connectivity index (χ0) is 31.1. The highest BCUT2D eigenvalue weighted by Gasteiger charge is 2.14. The Morgan fingerprint density at radius 1 is 0.409 bits per heavy atom. The van der Waals surface area contributed by atoms with Gasteiger partial charge in [-0.25, -0.2) is 9.97 Å². The van der Waals surface area contributed by atoms with Gasteiger partial charge in [-0.15, -0.1) is 20.4 Å². The Morgan fingerprint density at radius 3 is 1.14 bits per heavy atom. The summed E-state index contributed by atoms with van der Waals surface area (Å²) < 4.78 is 0. The largest absolute Gasteiger partial charge is 0.378 e. The number of nitrogens with two attached hydrogens (primary N) is 2. The highest BCUT2D eigenvalue weighted by atomic mass is 15.2. The van der Waals surface area contributed by atoms with Crippen LogP contribution in [0, 0.1) is 0 Å². The molecule has 0 unspecified atom stereocenters. The fourth-order valence-electron chi connectivity index (χ4n) is 4.52. The predicted octanol–water partition coefficient (Wildman–Crippen LogP) is 5.71. The summed E-state index contributed by atoms with van der Waals surface area (Å²) in [6.45, 7) is 0. The minimum atomic E-state index is 0.173. The van der Waals surface area contributed by atoms with Crippen molar-refractivity contribution in [3.05, 3.63) is 109 Å². The lowest BCUT2D eigenvalue weighted by Gasteiger charge is -2.14. The number of aromatic nitrogens is 6. The van der Waals surface area contributed by atoms with Crippen molar-refractivity contribution in [2.45, 2.75) is 0 Å². The second-order valence-corrected chi connectivity index (χ2v) is 10.4. The van der Waals surface area contributed by atoms with E-state index in [1.54, 1.807) is 0 Å². The molecular formula is C34H34N10. The number of nitrogens with zero attached hydrogens (tertiary/aromatic N) is 8. The van der Waals surface area contributed by atoms with Gasteiger partial charge in [-0.1, -0.05) is 84.9 Å². The van der Waals surface area contributed by atoms with Gasteiger partial charge in [0.15, 0.2) is 0 Å². The summed E-state index contributed by atoms with van der Waals surface area (Å²) in [5.41, 5.74) is 20.4. The molecule has 0 saturated carbocycles. The lowest BCUT2D eigenvalue weighted by molar-refractivity contribution is 0.997. The Kier molecular flexibility index (Phi) is 9.00. The first-order chi connectivity index (χ1) is 21.3. The van der Waals surface area contributed by atoms with Crippen LogP contribution in [0.3, 0.4) is 0 Å². The van der Waals surface area contributed by atoms with E-state index in [0.717, 1.165) is 56.4 Å². The van der Waals surface area contributed by atoms with Gasteiger partial charge in [-0.3, -0.25) is 0 Å². The Morgan fingerprint density at radius 2 is 0.773 bits per heavy atom. The third-order valence-electron chi connectivity index (χ3n) is 6.77. The molecule has 0 aliphatic carbocycles. The minimum Gasteiger partial charge on any atom is -0.378 e. The molecule has 10 heteroatoms. The number of anilines is 4. The second kappa shape index (κ2) is 13.4. The maximum absolute atomic E-state index is 5.73. The van der Waals surface area contributed by atoms with E-state index < -0.39 is 0 Å². The molecule has 6 rings (SSSR count). The fourth-order valence-corrected chi connectivity index (χ4v) is 4.52. The first-order valence-electron chi connectivity index (χ1n) is 14.0. The van der Waals surface area contributed by atoms with Crippen LogP contribution in [0.15, 0.2) is 109 Å². The summed E-state index contributed by atoms with van der Waals surface area (Å²) in [5.74, 6) is 0.345. The molecule has 0 amide bonds. The standard InChI is InChI=1S/2C17H17N5/c2*1-22(2)14-10-6-9-13(11-14)16-15(19-17(18)21-20-16)12-7-4-3-5-8-12/h2*3-11H,1-2H3,(H2,18,19,21). The van der Waals surface area contributed by atoms with Crippen molar-refractivity contribution in [1.82, 2.24) is 30.4 Å². The molecule has 44 heavy (non-hydrogen) atoms. The first kappa shape index (κ1) is 29.6. The number of hydrogen-bond donors (Lipinski definition) is 2. The summed E-state index contributed by atoms with van der Waals surface area (Å²) in [6, 6.07) is 36.0. The van der Waals surface area contributed by atoms with E-state index in [0.29, 0.717) is 0 Å². The topological polar surface area (TPSA) is 136 Å². The molecule has 0 bridgehead atoms. The fraction of sp³-hybridized carbons (Fsp3) is 0.118. The number of nitrogen functional groups attached to an aromatic ring is 2. The average Bonchev–Trinajstić information content (AvgIpc) is 3.06. The molecule has 0 atom stereocenters. The van der Waals surface area contributed by atoms with Crippen LogP contribution in [-0.4, -0.2) is 58.6 Å². The van der Waals surface area contributed by atoms with E-state index in [1.807, 2.05) is 135 Å². The highest BCUT2D eigenvalue weighted by molar-refractivity contribution is 5.80. The smallest absolute Gasteiger partial charge is 0.240 e. The van der Waals surface area contributed by atoms with Crippen LogP contribution in [0.2, 0.25) is 0 Å². The van der Waals surface area contributed by atoms with Crippen LogP contribution >= 0.6 is 0 Å². The van der Waals surface area contributed by atoms with E-state index in [9.17, 15) is 0 Å². The number of hydrogen-bond acceptors (Lipinski definition) is 10. The molecule has 0 fully saturated rings. The Bertz CT molecular complexity index is 1700. The average molecular weight is 583 g/mol. The maximum Gasteiger partial charge on any atom is 0.240 e. The van der Waals surface area contributed by atoms with E-state index in [-0.39, 0.29) is 11.9 Å². The zero-order valence-corrected chi connectivity index (χ0v) is 25.1. The molecule has 4 N–H and O–H groups in total. The van der Waals surface area contributed by atoms with Gasteiger partial charge in [-0.2, -0.15) is 0 Å². The van der Waals surface area contributed by atoms with Crippen LogP contribution < -0.4 is 21.3 Å². The second-order valence-electron chi connectivity index (χ2n) is 10.4. The molecular weight excluding hydrogens is 548 g/mol. The van der Waals surface area contributed by atoms with E-state index in [1.165, 1.54) is 0 Å². The van der Waals surface area contributed by atoms with Crippen molar-refractivity contribution in [1.29, 1.82) is 0 Å².